The topological polar surface area (TPSA) is 9.86 Å². The van der Waals surface area contributed by atoms with Gasteiger partial charge in [-0.1, -0.05) is 133 Å². The van der Waals surface area contributed by atoms with Gasteiger partial charge >= 0.3 is 0 Å². The maximum Gasteiger partial charge on any atom is 0.0562 e. The zero-order chi connectivity index (χ0) is 31.6. The third kappa shape index (κ3) is 4.06. The van der Waals surface area contributed by atoms with Crippen molar-refractivity contribution in [1.82, 2.24) is 9.13 Å². The molecule has 0 amide bonds. The number of hydrogen-bond donors (Lipinski definition) is 0. The van der Waals surface area contributed by atoms with Crippen LogP contribution in [-0.4, -0.2) is 9.13 Å². The van der Waals surface area contributed by atoms with Crippen LogP contribution in [0.15, 0.2) is 182 Å². The van der Waals surface area contributed by atoms with E-state index in [1.807, 2.05) is 0 Å². The molecular formula is C46H30N2. The Labute approximate surface area is 278 Å². The fourth-order valence-electron chi connectivity index (χ4n) is 7.71. The summed E-state index contributed by atoms with van der Waals surface area (Å²) in [5.74, 6) is 0. The minimum Gasteiger partial charge on any atom is -0.309 e. The zero-order valence-electron chi connectivity index (χ0n) is 26.2. The van der Waals surface area contributed by atoms with Gasteiger partial charge in [-0.05, 0) is 81.6 Å². The lowest BCUT2D eigenvalue weighted by Gasteiger charge is -2.12. The first-order valence-corrected chi connectivity index (χ1v) is 16.5. The molecule has 8 aromatic carbocycles. The van der Waals surface area contributed by atoms with E-state index in [-0.39, 0.29) is 0 Å². The highest BCUT2D eigenvalue weighted by Gasteiger charge is 2.18. The average molecular weight is 611 g/mol. The minimum absolute atomic E-state index is 1.15. The van der Waals surface area contributed by atoms with E-state index in [1.54, 1.807) is 0 Å². The lowest BCUT2D eigenvalue weighted by Crippen LogP contribution is -1.96. The van der Waals surface area contributed by atoms with Crippen molar-refractivity contribution in [2.24, 2.45) is 0 Å². The Morgan fingerprint density at radius 3 is 1.56 bits per heavy atom. The molecule has 0 aliphatic rings. The number of hydrogen-bond acceptors (Lipinski definition) is 0. The molecule has 0 aliphatic heterocycles. The Balaban J connectivity index is 1.22. The number of aromatic nitrogens is 2. The summed E-state index contributed by atoms with van der Waals surface area (Å²) in [5, 5.41) is 7.58. The minimum atomic E-state index is 1.15. The first-order valence-electron chi connectivity index (χ1n) is 16.5. The first-order chi connectivity index (χ1) is 23.8. The Kier molecular flexibility index (Phi) is 5.91. The summed E-state index contributed by atoms with van der Waals surface area (Å²) >= 11 is 0. The maximum absolute atomic E-state index is 2.43. The van der Waals surface area contributed by atoms with Crippen LogP contribution in [0.5, 0.6) is 0 Å². The smallest absolute Gasteiger partial charge is 0.0562 e. The van der Waals surface area contributed by atoms with E-state index in [0.717, 1.165) is 11.4 Å². The van der Waals surface area contributed by atoms with Gasteiger partial charge in [0, 0.05) is 32.9 Å². The molecule has 0 spiro atoms. The van der Waals surface area contributed by atoms with Gasteiger partial charge in [-0.2, -0.15) is 0 Å². The summed E-state index contributed by atoms with van der Waals surface area (Å²) in [7, 11) is 0. The largest absolute Gasteiger partial charge is 0.309 e. The molecule has 2 heteroatoms. The Morgan fingerprint density at radius 2 is 0.833 bits per heavy atom. The summed E-state index contributed by atoms with van der Waals surface area (Å²) < 4.78 is 4.86. The molecular weight excluding hydrogens is 581 g/mol. The molecule has 10 rings (SSSR count). The van der Waals surface area contributed by atoms with Crippen LogP contribution >= 0.6 is 0 Å². The van der Waals surface area contributed by atoms with Gasteiger partial charge in [-0.25, -0.2) is 0 Å². The van der Waals surface area contributed by atoms with E-state index >= 15 is 0 Å². The number of benzene rings is 8. The van der Waals surface area contributed by atoms with Gasteiger partial charge < -0.3 is 9.13 Å². The van der Waals surface area contributed by atoms with Gasteiger partial charge in [0.05, 0.1) is 22.1 Å². The fourth-order valence-corrected chi connectivity index (χ4v) is 7.71. The summed E-state index contributed by atoms with van der Waals surface area (Å²) in [5.41, 5.74) is 12.0. The van der Waals surface area contributed by atoms with E-state index in [2.05, 4.69) is 191 Å². The van der Waals surface area contributed by atoms with Crippen LogP contribution in [0.25, 0.3) is 88.0 Å². The van der Waals surface area contributed by atoms with Gasteiger partial charge in [-0.3, -0.25) is 0 Å². The second-order valence-corrected chi connectivity index (χ2v) is 12.6. The van der Waals surface area contributed by atoms with Crippen molar-refractivity contribution in [3.63, 3.8) is 0 Å². The van der Waals surface area contributed by atoms with Crippen LogP contribution in [0, 0.1) is 0 Å². The third-order valence-corrected chi connectivity index (χ3v) is 9.90. The van der Waals surface area contributed by atoms with Gasteiger partial charge in [0.15, 0.2) is 0 Å². The van der Waals surface area contributed by atoms with Gasteiger partial charge in [0.25, 0.3) is 0 Å². The molecule has 0 fully saturated rings. The van der Waals surface area contributed by atoms with Crippen LogP contribution in [0.4, 0.5) is 0 Å². The predicted molar refractivity (Wildman–Crippen MR) is 203 cm³/mol. The van der Waals surface area contributed by atoms with Crippen LogP contribution in [0.1, 0.15) is 0 Å². The zero-order valence-corrected chi connectivity index (χ0v) is 26.2. The highest BCUT2D eigenvalue weighted by molar-refractivity contribution is 6.19. The van der Waals surface area contributed by atoms with Crippen molar-refractivity contribution in [3.05, 3.63) is 182 Å². The standard InChI is InChI=1S/C46H30N2/c1-2-12-31(13-3-1)34-16-10-17-36(28-34)48-44-23-9-7-20-40(44)42-29-41-39-19-6-8-22-43(39)47(45(41)30-46(42)48)35-26-24-33(25-27-35)38-21-11-15-32-14-4-5-18-37(32)38/h1-30H. The van der Waals surface area contributed by atoms with Gasteiger partial charge in [-0.15, -0.1) is 0 Å². The van der Waals surface area contributed by atoms with Crippen molar-refractivity contribution in [3.8, 4) is 33.6 Å². The number of nitrogens with zero attached hydrogens (tertiary/aromatic N) is 2. The van der Waals surface area contributed by atoms with Crippen molar-refractivity contribution in [2.45, 2.75) is 0 Å². The fraction of sp³-hybridized carbons (Fsp3) is 0. The van der Waals surface area contributed by atoms with Crippen LogP contribution in [-0.2, 0) is 0 Å². The Morgan fingerprint density at radius 1 is 0.271 bits per heavy atom. The van der Waals surface area contributed by atoms with Crippen LogP contribution < -0.4 is 0 Å². The molecule has 0 radical (unpaired) electrons. The van der Waals surface area contributed by atoms with E-state index in [0.29, 0.717) is 0 Å². The number of fused-ring (bicyclic) bond motifs is 7. The molecule has 0 saturated carbocycles. The summed E-state index contributed by atoms with van der Waals surface area (Å²) in [6, 6.07) is 66.2. The SMILES string of the molecule is c1ccc(-c2cccc(-n3c4ccccc4c4cc5c6ccccc6n(-c6ccc(-c7cccc8ccccc78)cc6)c5cc43)c2)cc1. The molecule has 10 aromatic rings. The molecule has 0 N–H and O–H groups in total. The number of rotatable bonds is 4. The van der Waals surface area contributed by atoms with Crippen molar-refractivity contribution in [1.29, 1.82) is 0 Å². The first kappa shape index (κ1) is 26.8. The predicted octanol–water partition coefficient (Wildman–Crippen LogP) is 12.4. The second kappa shape index (κ2) is 10.6. The number of para-hydroxylation sites is 2. The molecule has 0 unspecified atom stereocenters. The monoisotopic (exact) mass is 610 g/mol. The van der Waals surface area contributed by atoms with Crippen molar-refractivity contribution >= 4 is 54.4 Å². The average Bonchev–Trinajstić information content (AvgIpc) is 3.66. The molecule has 2 heterocycles. The molecule has 224 valence electrons. The van der Waals surface area contributed by atoms with Crippen molar-refractivity contribution < 1.29 is 0 Å². The third-order valence-electron chi connectivity index (χ3n) is 9.90. The van der Waals surface area contributed by atoms with E-state index in [4.69, 9.17) is 0 Å². The Bertz CT molecular complexity index is 2810. The Hall–Kier alpha value is -6.38. The lowest BCUT2D eigenvalue weighted by atomic mass is 9.98. The summed E-state index contributed by atoms with van der Waals surface area (Å²) in [4.78, 5) is 0. The molecule has 48 heavy (non-hydrogen) atoms. The van der Waals surface area contributed by atoms with Gasteiger partial charge in [0.2, 0.25) is 0 Å². The normalized spacial score (nSPS) is 11.8. The molecule has 0 bridgehead atoms. The van der Waals surface area contributed by atoms with Crippen LogP contribution in [0.2, 0.25) is 0 Å². The van der Waals surface area contributed by atoms with Crippen LogP contribution in [0.3, 0.4) is 0 Å². The highest BCUT2D eigenvalue weighted by atomic mass is 15.0. The van der Waals surface area contributed by atoms with Crippen molar-refractivity contribution in [2.75, 3.05) is 0 Å². The highest BCUT2D eigenvalue weighted by Crippen LogP contribution is 2.40. The van der Waals surface area contributed by atoms with E-state index < -0.39 is 0 Å². The molecule has 0 saturated heterocycles. The van der Waals surface area contributed by atoms with E-state index in [1.165, 1.54) is 76.6 Å². The summed E-state index contributed by atoms with van der Waals surface area (Å²) in [6.07, 6.45) is 0. The van der Waals surface area contributed by atoms with E-state index in [9.17, 15) is 0 Å². The second-order valence-electron chi connectivity index (χ2n) is 12.6. The quantitative estimate of drug-likeness (QED) is 0.188. The molecule has 2 aromatic heterocycles. The summed E-state index contributed by atoms with van der Waals surface area (Å²) in [6.45, 7) is 0. The lowest BCUT2D eigenvalue weighted by molar-refractivity contribution is 1.16. The maximum atomic E-state index is 2.43. The molecule has 2 nitrogen and oxygen atoms in total. The molecule has 0 aliphatic carbocycles. The molecule has 0 atom stereocenters. The van der Waals surface area contributed by atoms with Gasteiger partial charge in [0.1, 0.15) is 0 Å².